The second-order valence-corrected chi connectivity index (χ2v) is 6.78. The van der Waals surface area contributed by atoms with Crippen molar-refractivity contribution in [2.75, 3.05) is 10.2 Å². The van der Waals surface area contributed by atoms with Gasteiger partial charge in [-0.3, -0.25) is 10.3 Å². The Morgan fingerprint density at radius 2 is 1.20 bits per heavy atom. The van der Waals surface area contributed by atoms with Crippen LogP contribution in [-0.4, -0.2) is 5.96 Å². The molecule has 0 aliphatic heterocycles. The van der Waals surface area contributed by atoms with Gasteiger partial charge in [0.05, 0.1) is 0 Å². The van der Waals surface area contributed by atoms with Gasteiger partial charge < -0.3 is 10.1 Å². The van der Waals surface area contributed by atoms with E-state index in [1.54, 1.807) is 0 Å². The number of nitrogens with zero attached hydrogens (tertiary/aromatic N) is 1. The van der Waals surface area contributed by atoms with Crippen molar-refractivity contribution in [2.24, 2.45) is 0 Å². The Morgan fingerprint density at radius 3 is 1.83 bits per heavy atom. The van der Waals surface area contributed by atoms with Gasteiger partial charge in [0, 0.05) is 17.1 Å². The Kier molecular flexibility index (Phi) is 6.06. The van der Waals surface area contributed by atoms with Gasteiger partial charge >= 0.3 is 0 Å². The molecule has 2 N–H and O–H groups in total. The van der Waals surface area contributed by atoms with Crippen molar-refractivity contribution in [1.29, 1.82) is 5.41 Å². The van der Waals surface area contributed by atoms with Crippen molar-refractivity contribution in [3.8, 4) is 5.75 Å². The molecule has 0 saturated carbocycles. The van der Waals surface area contributed by atoms with E-state index in [-0.39, 0.29) is 5.96 Å². The predicted octanol–water partition coefficient (Wildman–Crippen LogP) is 6.45. The molecule has 0 aliphatic carbocycles. The molecule has 0 amide bonds. The number of hydrogen-bond donors (Lipinski definition) is 2. The molecule has 0 radical (unpaired) electrons. The summed E-state index contributed by atoms with van der Waals surface area (Å²) < 4.78 is 5.90. The van der Waals surface area contributed by atoms with E-state index in [9.17, 15) is 0 Å². The maximum atomic E-state index is 8.69. The van der Waals surface area contributed by atoms with Crippen molar-refractivity contribution >= 4 is 23.0 Å². The number of hydrogen-bond acceptors (Lipinski definition) is 2. The fourth-order valence-electron chi connectivity index (χ4n) is 3.13. The molecule has 30 heavy (non-hydrogen) atoms. The summed E-state index contributed by atoms with van der Waals surface area (Å²) in [5.74, 6) is 1.06. The van der Waals surface area contributed by atoms with E-state index in [2.05, 4.69) is 5.32 Å². The molecule has 4 nitrogen and oxygen atoms in total. The lowest BCUT2D eigenvalue weighted by atomic mass is 10.2. The minimum atomic E-state index is 0.269. The first-order valence-electron chi connectivity index (χ1n) is 9.82. The molecule has 0 bridgehead atoms. The third-order valence-corrected chi connectivity index (χ3v) is 4.62. The highest BCUT2D eigenvalue weighted by atomic mass is 16.5. The molecule has 0 atom stereocenters. The standard InChI is InChI=1S/C26H23N3O/c27-26(28-22-12-6-2-7-13-22)29(23-14-8-3-9-15-23)24-16-18-25(19-17-24)30-20-21-10-4-1-5-11-21/h1-19H,20H2,(H2,27,28). The van der Waals surface area contributed by atoms with E-state index in [4.69, 9.17) is 10.1 Å². The molecule has 4 aromatic carbocycles. The molecule has 0 aromatic heterocycles. The minimum Gasteiger partial charge on any atom is -0.489 e. The third kappa shape index (κ3) is 4.86. The Balaban J connectivity index is 1.54. The molecule has 148 valence electrons. The van der Waals surface area contributed by atoms with Crippen LogP contribution in [0, 0.1) is 5.41 Å². The second-order valence-electron chi connectivity index (χ2n) is 6.78. The molecule has 0 saturated heterocycles. The summed E-state index contributed by atoms with van der Waals surface area (Å²) in [5, 5.41) is 11.9. The first-order valence-corrected chi connectivity index (χ1v) is 9.82. The van der Waals surface area contributed by atoms with Crippen LogP contribution in [0.25, 0.3) is 0 Å². The normalized spacial score (nSPS) is 10.3. The van der Waals surface area contributed by atoms with Crippen molar-refractivity contribution in [1.82, 2.24) is 0 Å². The molecule has 4 rings (SSSR count). The lowest BCUT2D eigenvalue weighted by molar-refractivity contribution is 0.306. The fourth-order valence-corrected chi connectivity index (χ4v) is 3.13. The highest BCUT2D eigenvalue weighted by molar-refractivity contribution is 6.08. The zero-order chi connectivity index (χ0) is 20.6. The lowest BCUT2D eigenvalue weighted by Crippen LogP contribution is -2.31. The molecule has 0 spiro atoms. The third-order valence-electron chi connectivity index (χ3n) is 4.62. The van der Waals surface area contributed by atoms with Gasteiger partial charge in [0.15, 0.2) is 0 Å². The molecule has 4 heteroatoms. The van der Waals surface area contributed by atoms with Crippen LogP contribution in [0.3, 0.4) is 0 Å². The van der Waals surface area contributed by atoms with Crippen molar-refractivity contribution in [3.05, 3.63) is 121 Å². The van der Waals surface area contributed by atoms with Crippen LogP contribution in [0.1, 0.15) is 5.56 Å². The largest absolute Gasteiger partial charge is 0.489 e. The van der Waals surface area contributed by atoms with Gasteiger partial charge in [0.2, 0.25) is 5.96 Å². The van der Waals surface area contributed by atoms with Crippen LogP contribution in [0.4, 0.5) is 17.1 Å². The van der Waals surface area contributed by atoms with Crippen LogP contribution in [0.2, 0.25) is 0 Å². The Hall–Kier alpha value is -4.05. The van der Waals surface area contributed by atoms with Crippen LogP contribution in [-0.2, 0) is 6.61 Å². The van der Waals surface area contributed by atoms with Crippen LogP contribution in [0.15, 0.2) is 115 Å². The average molecular weight is 393 g/mol. The summed E-state index contributed by atoms with van der Waals surface area (Å²) >= 11 is 0. The van der Waals surface area contributed by atoms with Crippen molar-refractivity contribution < 1.29 is 4.74 Å². The second kappa shape index (κ2) is 9.43. The fraction of sp³-hybridized carbons (Fsp3) is 0.0385. The highest BCUT2D eigenvalue weighted by Crippen LogP contribution is 2.28. The maximum absolute atomic E-state index is 8.69. The number of ether oxygens (including phenoxy) is 1. The van der Waals surface area contributed by atoms with Gasteiger partial charge in [0.1, 0.15) is 12.4 Å². The maximum Gasteiger partial charge on any atom is 0.204 e. The molecule has 0 heterocycles. The quantitative estimate of drug-likeness (QED) is 0.292. The topological polar surface area (TPSA) is 48.4 Å². The Labute approximate surface area is 176 Å². The zero-order valence-corrected chi connectivity index (χ0v) is 16.5. The van der Waals surface area contributed by atoms with E-state index in [0.717, 1.165) is 28.4 Å². The number of guanidine groups is 1. The Bertz CT molecular complexity index is 1070. The molecule has 4 aromatic rings. The lowest BCUT2D eigenvalue weighted by Gasteiger charge is -2.26. The number of nitrogens with one attached hydrogen (secondary N) is 2. The van der Waals surface area contributed by atoms with Gasteiger partial charge in [-0.15, -0.1) is 0 Å². The minimum absolute atomic E-state index is 0.269. The molecular weight excluding hydrogens is 370 g/mol. The molecule has 0 fully saturated rings. The smallest absolute Gasteiger partial charge is 0.204 e. The van der Waals surface area contributed by atoms with Crippen LogP contribution >= 0.6 is 0 Å². The first-order chi connectivity index (χ1) is 14.8. The summed E-state index contributed by atoms with van der Waals surface area (Å²) in [7, 11) is 0. The predicted molar refractivity (Wildman–Crippen MR) is 124 cm³/mol. The summed E-state index contributed by atoms with van der Waals surface area (Å²) in [6.45, 7) is 0.522. The molecular formula is C26H23N3O. The Morgan fingerprint density at radius 1 is 0.667 bits per heavy atom. The van der Waals surface area contributed by atoms with Gasteiger partial charge in [0.25, 0.3) is 0 Å². The summed E-state index contributed by atoms with van der Waals surface area (Å²) in [4.78, 5) is 1.87. The highest BCUT2D eigenvalue weighted by Gasteiger charge is 2.15. The molecule has 0 unspecified atom stereocenters. The molecule has 0 aliphatic rings. The van der Waals surface area contributed by atoms with Crippen molar-refractivity contribution in [3.63, 3.8) is 0 Å². The van der Waals surface area contributed by atoms with Gasteiger partial charge in [-0.05, 0) is 54.1 Å². The average Bonchev–Trinajstić information content (AvgIpc) is 2.81. The summed E-state index contributed by atoms with van der Waals surface area (Å²) in [5.41, 5.74) is 3.78. The summed E-state index contributed by atoms with van der Waals surface area (Å²) in [6, 6.07) is 37.5. The van der Waals surface area contributed by atoms with Gasteiger partial charge in [-0.2, -0.15) is 0 Å². The van der Waals surface area contributed by atoms with Crippen LogP contribution in [0.5, 0.6) is 5.75 Å². The van der Waals surface area contributed by atoms with E-state index in [1.165, 1.54) is 0 Å². The number of para-hydroxylation sites is 2. The van der Waals surface area contributed by atoms with E-state index < -0.39 is 0 Å². The first kappa shape index (κ1) is 19.3. The number of anilines is 3. The monoisotopic (exact) mass is 393 g/mol. The van der Waals surface area contributed by atoms with Crippen LogP contribution < -0.4 is 15.0 Å². The summed E-state index contributed by atoms with van der Waals surface area (Å²) in [6.07, 6.45) is 0. The van der Waals surface area contributed by atoms with E-state index >= 15 is 0 Å². The SMILES string of the molecule is N=C(Nc1ccccc1)N(c1ccccc1)c1ccc(OCc2ccccc2)cc1. The number of rotatable bonds is 6. The van der Waals surface area contributed by atoms with Gasteiger partial charge in [-0.25, -0.2) is 0 Å². The van der Waals surface area contributed by atoms with Crippen molar-refractivity contribution in [2.45, 2.75) is 6.61 Å². The zero-order valence-electron chi connectivity index (χ0n) is 16.5. The van der Waals surface area contributed by atoms with E-state index in [1.807, 2.05) is 120 Å². The van der Waals surface area contributed by atoms with E-state index in [0.29, 0.717) is 6.61 Å². The number of benzene rings is 4. The van der Waals surface area contributed by atoms with Gasteiger partial charge in [-0.1, -0.05) is 66.7 Å².